The number of allylic oxidation sites excluding steroid dienone is 2. The van der Waals surface area contributed by atoms with Crippen LogP contribution in [0.25, 0.3) is 0 Å². The summed E-state index contributed by atoms with van der Waals surface area (Å²) in [4.78, 5) is 121. The van der Waals surface area contributed by atoms with Gasteiger partial charge in [-0.25, -0.2) is 9.59 Å². The monoisotopic (exact) mass is 952 g/mol. The Kier molecular flexibility index (Phi) is 15.3. The standard InChI is InChI=1S/C48H57N9O12/c1-27-39(50)42(62)38-31(26-68-46(51)65)48(67-2)43-34(24-56(48)40(38)41(27)61)57(43)47(66)69-25-29-15-17-30(18-16-29)52-44(63)32(13-8-9-21-49)54-45(64)33(23-28-11-5-3-6-12-28)53-35(58)14-7-4-10-22-55-36(59)19-20-37(55)60/h3,5-6,11-12,15-20,31-34,43H,4,7-10,13-14,21-26,49-50H2,1-2H3,(H2,51,65)(H,52,63)(H,53,58)(H,54,64)/p+1/t31?,32?,33-,34?,43?,48?,57?/m0/s1. The summed E-state index contributed by atoms with van der Waals surface area (Å²) in [6.45, 7) is 1.92. The van der Waals surface area contributed by atoms with Crippen LogP contribution in [0.4, 0.5) is 15.3 Å². The molecule has 10 N–H and O–H groups in total. The highest BCUT2D eigenvalue weighted by Gasteiger charge is 2.78. The Morgan fingerprint density at radius 1 is 0.841 bits per heavy atom. The topological polar surface area (TPSA) is 307 Å². The van der Waals surface area contributed by atoms with E-state index in [2.05, 4.69) is 21.7 Å². The van der Waals surface area contributed by atoms with Gasteiger partial charge in [0.25, 0.3) is 11.8 Å². The maximum absolute atomic E-state index is 13.9. The predicted octanol–water partition coefficient (Wildman–Crippen LogP) is 0.446. The number of ether oxygens (including phenoxy) is 3. The number of anilines is 1. The normalized spacial score (nSPS) is 22.0. The molecule has 4 heterocycles. The van der Waals surface area contributed by atoms with E-state index in [1.165, 1.54) is 31.1 Å². The molecular formula is C48H58N9O12+. The number of hydrogen-bond acceptors (Lipinski definition) is 14. The van der Waals surface area contributed by atoms with Gasteiger partial charge in [0.15, 0.2) is 5.72 Å². The van der Waals surface area contributed by atoms with Crippen molar-refractivity contribution in [2.45, 2.75) is 94.8 Å². The molecule has 7 rings (SSSR count). The van der Waals surface area contributed by atoms with Gasteiger partial charge >= 0.3 is 12.2 Å². The lowest BCUT2D eigenvalue weighted by atomic mass is 9.82. The van der Waals surface area contributed by atoms with Gasteiger partial charge in [0.2, 0.25) is 29.3 Å². The number of Topliss-reactive ketones (excluding diaryl/α,β-unsaturated/α-hetero) is 2. The zero-order valence-corrected chi connectivity index (χ0v) is 38.5. The van der Waals surface area contributed by atoms with Crippen LogP contribution < -0.4 is 33.2 Å². The van der Waals surface area contributed by atoms with Gasteiger partial charge in [-0.3, -0.25) is 43.4 Å². The van der Waals surface area contributed by atoms with Crippen LogP contribution in [0.1, 0.15) is 63.0 Å². The fourth-order valence-electron chi connectivity index (χ4n) is 9.63. The Labute approximate surface area is 397 Å². The van der Waals surface area contributed by atoms with Gasteiger partial charge in [-0.2, -0.15) is 0 Å². The second kappa shape index (κ2) is 21.3. The molecular weight excluding hydrogens is 895 g/mol. The molecule has 1 aliphatic carbocycles. The predicted molar refractivity (Wildman–Crippen MR) is 244 cm³/mol. The number of amides is 7. The van der Waals surface area contributed by atoms with E-state index in [9.17, 15) is 43.2 Å². The summed E-state index contributed by atoms with van der Waals surface area (Å²) in [5.74, 6) is -4.13. The number of methoxy groups -OCH3 is 1. The van der Waals surface area contributed by atoms with E-state index < -0.39 is 78.0 Å². The van der Waals surface area contributed by atoms with Crippen molar-refractivity contribution in [3.8, 4) is 0 Å². The van der Waals surface area contributed by atoms with E-state index >= 15 is 0 Å². The van der Waals surface area contributed by atoms with E-state index in [0.29, 0.717) is 56.3 Å². The summed E-state index contributed by atoms with van der Waals surface area (Å²) in [7, 11) is 1.38. The number of piperazine rings is 1. The van der Waals surface area contributed by atoms with Crippen LogP contribution in [0.15, 0.2) is 89.3 Å². The average molecular weight is 953 g/mol. The minimum atomic E-state index is -1.46. The first-order valence-corrected chi connectivity index (χ1v) is 23.0. The van der Waals surface area contributed by atoms with Crippen LogP contribution in [0.3, 0.4) is 0 Å². The van der Waals surface area contributed by atoms with E-state index in [1.807, 2.05) is 30.3 Å². The van der Waals surface area contributed by atoms with Crippen LogP contribution in [0, 0.1) is 5.92 Å². The van der Waals surface area contributed by atoms with Gasteiger partial charge in [-0.1, -0.05) is 48.9 Å². The lowest BCUT2D eigenvalue weighted by molar-refractivity contribution is -0.368. The molecule has 0 bridgehead atoms. The van der Waals surface area contributed by atoms with Crippen LogP contribution in [0.2, 0.25) is 0 Å². The van der Waals surface area contributed by atoms with Gasteiger partial charge in [-0.15, -0.1) is 0 Å². The Morgan fingerprint density at radius 3 is 2.22 bits per heavy atom. The van der Waals surface area contributed by atoms with Gasteiger partial charge in [0, 0.05) is 62.0 Å². The smallest absolute Gasteiger partial charge is 0.410 e. The van der Waals surface area contributed by atoms with E-state index in [1.54, 1.807) is 29.2 Å². The third-order valence-electron chi connectivity index (χ3n) is 13.2. The first kappa shape index (κ1) is 49.5. The van der Waals surface area contributed by atoms with Crippen molar-refractivity contribution in [2.24, 2.45) is 17.4 Å². The van der Waals surface area contributed by atoms with Gasteiger partial charge in [0.05, 0.1) is 29.9 Å². The number of unbranched alkanes of at least 4 members (excludes halogenated alkanes) is 3. The Bertz CT molecular complexity index is 2470. The molecule has 4 aliphatic heterocycles. The van der Waals surface area contributed by atoms with E-state index in [0.717, 1.165) is 10.5 Å². The Hall–Kier alpha value is -7.39. The number of carbonyl (C=O) groups excluding carboxylic acids is 9. The summed E-state index contributed by atoms with van der Waals surface area (Å²) in [6, 6.07) is 12.7. The second-order valence-electron chi connectivity index (χ2n) is 17.6. The lowest BCUT2D eigenvalue weighted by Crippen LogP contribution is -2.56. The minimum Gasteiger partial charge on any atom is -0.449 e. The SMILES string of the molecule is COC12C(COC(N)=O)C3=C(C(=O)C(C)=C(N)C3=O)N1CC1C2N1C(=O)OCc1ccc(NC(=O)C(CCCC[NH3+])NC(=O)[C@H](Cc2ccccc2)NC(=O)CCCCCN2C(=O)C=CC2=O)cc1. The van der Waals surface area contributed by atoms with Crippen molar-refractivity contribution >= 4 is 59.0 Å². The number of nitrogens with two attached hydrogens (primary N) is 2. The molecule has 2 aromatic rings. The Balaban J connectivity index is 0.941. The highest BCUT2D eigenvalue weighted by Crippen LogP contribution is 2.60. The highest BCUT2D eigenvalue weighted by molar-refractivity contribution is 6.25. The number of quaternary nitrogens is 1. The first-order valence-electron chi connectivity index (χ1n) is 23.0. The number of rotatable bonds is 22. The zero-order valence-electron chi connectivity index (χ0n) is 38.5. The molecule has 0 radical (unpaired) electrons. The van der Waals surface area contributed by atoms with Crippen LogP contribution in [-0.2, 0) is 60.8 Å². The fourth-order valence-corrected chi connectivity index (χ4v) is 9.63. The highest BCUT2D eigenvalue weighted by atomic mass is 16.6. The molecule has 0 spiro atoms. The summed E-state index contributed by atoms with van der Waals surface area (Å²) in [5.41, 5.74) is 15.5. The van der Waals surface area contributed by atoms with Crippen molar-refractivity contribution < 1.29 is 63.1 Å². The number of fused-ring (bicyclic) bond motifs is 4. The summed E-state index contributed by atoms with van der Waals surface area (Å²) in [6.07, 6.45) is 4.16. The van der Waals surface area contributed by atoms with Gasteiger partial charge in [0.1, 0.15) is 31.3 Å². The first-order chi connectivity index (χ1) is 33.1. The number of nitrogens with zero attached hydrogens (tertiary/aromatic N) is 3. The van der Waals surface area contributed by atoms with Crippen molar-refractivity contribution in [1.29, 1.82) is 0 Å². The van der Waals surface area contributed by atoms with Gasteiger partial charge < -0.3 is 52.3 Å². The van der Waals surface area contributed by atoms with Crippen molar-refractivity contribution in [2.75, 3.05) is 38.7 Å². The fraction of sp³-hybridized carbons (Fsp3) is 0.438. The third-order valence-corrected chi connectivity index (χ3v) is 13.2. The Morgan fingerprint density at radius 2 is 1.55 bits per heavy atom. The van der Waals surface area contributed by atoms with Gasteiger partial charge in [-0.05, 0) is 62.3 Å². The summed E-state index contributed by atoms with van der Waals surface area (Å²) < 4.78 is 16.9. The number of imide groups is 1. The van der Waals surface area contributed by atoms with E-state index in [-0.39, 0.29) is 72.8 Å². The largest absolute Gasteiger partial charge is 0.449 e. The van der Waals surface area contributed by atoms with Crippen LogP contribution >= 0.6 is 0 Å². The maximum Gasteiger partial charge on any atom is 0.410 e. The molecule has 7 amide bonds. The summed E-state index contributed by atoms with van der Waals surface area (Å²) in [5, 5.41) is 8.57. The second-order valence-corrected chi connectivity index (χ2v) is 17.6. The molecule has 6 atom stereocenters. The molecule has 5 unspecified atom stereocenters. The van der Waals surface area contributed by atoms with Crippen molar-refractivity contribution in [1.82, 2.24) is 25.3 Å². The third kappa shape index (κ3) is 10.4. The average Bonchev–Trinajstić information content (AvgIpc) is 3.67. The minimum absolute atomic E-state index is 0.0349. The molecule has 2 fully saturated rings. The maximum atomic E-state index is 13.9. The molecule has 21 heteroatoms. The lowest BCUT2D eigenvalue weighted by Gasteiger charge is -2.40. The number of hydrogen-bond donors (Lipinski definition) is 6. The molecule has 2 aromatic carbocycles. The zero-order chi connectivity index (χ0) is 49.6. The van der Waals surface area contributed by atoms with Crippen LogP contribution in [-0.4, -0.2) is 131 Å². The van der Waals surface area contributed by atoms with Crippen LogP contribution in [0.5, 0.6) is 0 Å². The van der Waals surface area contributed by atoms with Crippen molar-refractivity contribution in [3.63, 3.8) is 0 Å². The quantitative estimate of drug-likeness (QED) is 0.0404. The van der Waals surface area contributed by atoms with Crippen molar-refractivity contribution in [3.05, 3.63) is 100 Å². The molecule has 0 aromatic heterocycles. The number of benzene rings is 2. The number of nitrogens with one attached hydrogen (secondary N) is 3. The molecule has 5 aliphatic rings. The van der Waals surface area contributed by atoms with E-state index in [4.69, 9.17) is 25.7 Å². The number of primary amides is 1. The molecule has 366 valence electrons. The molecule has 2 saturated heterocycles. The molecule has 69 heavy (non-hydrogen) atoms. The molecule has 0 saturated carbocycles. The summed E-state index contributed by atoms with van der Waals surface area (Å²) >= 11 is 0. The number of ketones is 2. The molecule has 21 nitrogen and oxygen atoms in total. The number of carbonyl (C=O) groups is 9.